The Morgan fingerprint density at radius 1 is 1.14 bits per heavy atom. The lowest BCUT2D eigenvalue weighted by molar-refractivity contribution is 0.601. The van der Waals surface area contributed by atoms with E-state index in [9.17, 15) is 8.42 Å². The highest BCUT2D eigenvalue weighted by Crippen LogP contribution is 2.23. The summed E-state index contributed by atoms with van der Waals surface area (Å²) in [5.41, 5.74) is 2.86. The lowest BCUT2D eigenvalue weighted by atomic mass is 10.2. The first-order chi connectivity index (χ1) is 10.3. The molecule has 1 aromatic heterocycles. The molecule has 0 radical (unpaired) electrons. The van der Waals surface area contributed by atoms with Gasteiger partial charge in [-0.05, 0) is 49.7 Å². The molecule has 2 N–H and O–H groups in total. The number of aromatic amines is 1. The summed E-state index contributed by atoms with van der Waals surface area (Å²) in [5, 5.41) is 0.419. The van der Waals surface area contributed by atoms with Crippen LogP contribution in [0.4, 0.5) is 5.69 Å². The van der Waals surface area contributed by atoms with Crippen molar-refractivity contribution in [1.82, 2.24) is 9.97 Å². The Kier molecular flexibility index (Phi) is 3.58. The third kappa shape index (κ3) is 2.80. The van der Waals surface area contributed by atoms with Crippen molar-refractivity contribution in [2.45, 2.75) is 18.7 Å². The van der Waals surface area contributed by atoms with Crippen LogP contribution in [0.3, 0.4) is 0 Å². The van der Waals surface area contributed by atoms with E-state index in [-0.39, 0.29) is 4.90 Å². The van der Waals surface area contributed by atoms with E-state index in [1.807, 2.05) is 13.8 Å². The van der Waals surface area contributed by atoms with E-state index in [0.29, 0.717) is 10.7 Å². The highest BCUT2D eigenvalue weighted by atomic mass is 35.5. The van der Waals surface area contributed by atoms with E-state index >= 15 is 0 Å². The van der Waals surface area contributed by atoms with E-state index in [2.05, 4.69) is 14.7 Å². The summed E-state index contributed by atoms with van der Waals surface area (Å²) in [5.74, 6) is 0.778. The number of imidazole rings is 1. The molecule has 0 spiro atoms. The minimum absolute atomic E-state index is 0.129. The van der Waals surface area contributed by atoms with Gasteiger partial charge < -0.3 is 4.98 Å². The summed E-state index contributed by atoms with van der Waals surface area (Å²) in [4.78, 5) is 7.48. The van der Waals surface area contributed by atoms with Crippen molar-refractivity contribution in [3.8, 4) is 0 Å². The number of benzene rings is 2. The lowest BCUT2D eigenvalue weighted by Crippen LogP contribution is -2.13. The predicted molar refractivity (Wildman–Crippen MR) is 87.8 cm³/mol. The van der Waals surface area contributed by atoms with Crippen LogP contribution in [0.1, 0.15) is 11.4 Å². The van der Waals surface area contributed by atoms with E-state index in [1.54, 1.807) is 24.3 Å². The number of hydrogen-bond acceptors (Lipinski definition) is 3. The maximum absolute atomic E-state index is 12.4. The summed E-state index contributed by atoms with van der Waals surface area (Å²) in [6, 6.07) is 9.80. The second-order valence-electron chi connectivity index (χ2n) is 5.07. The van der Waals surface area contributed by atoms with Crippen molar-refractivity contribution in [1.29, 1.82) is 0 Å². The minimum Gasteiger partial charge on any atom is -0.342 e. The van der Waals surface area contributed by atoms with Gasteiger partial charge >= 0.3 is 0 Å². The minimum atomic E-state index is -3.68. The molecule has 114 valence electrons. The maximum atomic E-state index is 12.4. The Labute approximate surface area is 133 Å². The molecule has 0 aliphatic heterocycles. The molecule has 2 aromatic carbocycles. The molecule has 0 aliphatic carbocycles. The number of hydrogen-bond donors (Lipinski definition) is 2. The van der Waals surface area contributed by atoms with Crippen LogP contribution in [0.2, 0.25) is 5.02 Å². The third-order valence-electron chi connectivity index (χ3n) is 3.31. The van der Waals surface area contributed by atoms with Gasteiger partial charge in [0.2, 0.25) is 0 Å². The van der Waals surface area contributed by atoms with Gasteiger partial charge in [0, 0.05) is 5.02 Å². The Morgan fingerprint density at radius 3 is 2.64 bits per heavy atom. The average molecular weight is 336 g/mol. The normalized spacial score (nSPS) is 11.8. The quantitative estimate of drug-likeness (QED) is 0.767. The van der Waals surface area contributed by atoms with Gasteiger partial charge in [-0.25, -0.2) is 13.4 Å². The number of sulfonamides is 1. The van der Waals surface area contributed by atoms with Gasteiger partial charge in [0.15, 0.2) is 0 Å². The number of aromatic nitrogens is 2. The van der Waals surface area contributed by atoms with Gasteiger partial charge in [0.1, 0.15) is 5.82 Å². The van der Waals surface area contributed by atoms with Crippen molar-refractivity contribution in [2.75, 3.05) is 4.72 Å². The van der Waals surface area contributed by atoms with Crippen molar-refractivity contribution in [2.24, 2.45) is 0 Å². The first-order valence-electron chi connectivity index (χ1n) is 6.60. The highest BCUT2D eigenvalue weighted by Gasteiger charge is 2.15. The first kappa shape index (κ1) is 14.9. The Hall–Kier alpha value is -2.05. The fourth-order valence-electron chi connectivity index (χ4n) is 2.16. The molecule has 3 aromatic rings. The molecule has 1 heterocycles. The fraction of sp³-hybridized carbons (Fsp3) is 0.133. The molecule has 0 amide bonds. The standard InChI is InChI=1S/C15H14ClN3O2S/c1-9-3-5-12(8-13(9)16)22(20,21)19-11-4-6-14-15(7-11)18-10(2)17-14/h3-8,19H,1-2H3,(H,17,18). The van der Waals surface area contributed by atoms with Crippen LogP contribution in [-0.2, 0) is 10.0 Å². The number of nitrogens with one attached hydrogen (secondary N) is 2. The molecule has 0 fully saturated rings. The van der Waals surface area contributed by atoms with E-state index in [4.69, 9.17) is 11.6 Å². The maximum Gasteiger partial charge on any atom is 0.261 e. The Bertz CT molecular complexity index is 964. The number of H-pyrrole nitrogens is 1. The molecular weight excluding hydrogens is 322 g/mol. The summed E-state index contributed by atoms with van der Waals surface area (Å²) >= 11 is 6.00. The van der Waals surface area contributed by atoms with Crippen LogP contribution in [0.15, 0.2) is 41.3 Å². The monoisotopic (exact) mass is 335 g/mol. The molecule has 0 atom stereocenters. The number of rotatable bonds is 3. The predicted octanol–water partition coefficient (Wildman–Crippen LogP) is 3.63. The summed E-state index contributed by atoms with van der Waals surface area (Å²) in [6.07, 6.45) is 0. The van der Waals surface area contributed by atoms with Crippen molar-refractivity contribution >= 4 is 38.3 Å². The van der Waals surface area contributed by atoms with Gasteiger partial charge in [-0.15, -0.1) is 0 Å². The highest BCUT2D eigenvalue weighted by molar-refractivity contribution is 7.92. The number of halogens is 1. The van der Waals surface area contributed by atoms with E-state index in [1.165, 1.54) is 12.1 Å². The number of aryl methyl sites for hydroxylation is 2. The smallest absolute Gasteiger partial charge is 0.261 e. The number of fused-ring (bicyclic) bond motifs is 1. The zero-order valence-corrected chi connectivity index (χ0v) is 13.6. The molecule has 0 bridgehead atoms. The second-order valence-corrected chi connectivity index (χ2v) is 7.16. The molecule has 7 heteroatoms. The van der Waals surface area contributed by atoms with Crippen LogP contribution in [-0.4, -0.2) is 18.4 Å². The summed E-state index contributed by atoms with van der Waals surface area (Å²) in [6.45, 7) is 3.67. The Balaban J connectivity index is 1.96. The lowest BCUT2D eigenvalue weighted by Gasteiger charge is -2.09. The molecule has 5 nitrogen and oxygen atoms in total. The van der Waals surface area contributed by atoms with Crippen LogP contribution >= 0.6 is 11.6 Å². The van der Waals surface area contributed by atoms with Gasteiger partial charge in [0.05, 0.1) is 21.6 Å². The second kappa shape index (κ2) is 5.30. The number of nitrogens with zero attached hydrogens (tertiary/aromatic N) is 1. The summed E-state index contributed by atoms with van der Waals surface area (Å²) in [7, 11) is -3.68. The molecule has 3 rings (SSSR count). The molecular formula is C15H14ClN3O2S. The van der Waals surface area contributed by atoms with Crippen molar-refractivity contribution < 1.29 is 8.42 Å². The van der Waals surface area contributed by atoms with Crippen LogP contribution in [0.25, 0.3) is 11.0 Å². The van der Waals surface area contributed by atoms with Gasteiger partial charge in [-0.3, -0.25) is 4.72 Å². The first-order valence-corrected chi connectivity index (χ1v) is 8.46. The van der Waals surface area contributed by atoms with Gasteiger partial charge in [0.25, 0.3) is 10.0 Å². The Morgan fingerprint density at radius 2 is 1.91 bits per heavy atom. The molecule has 0 saturated carbocycles. The van der Waals surface area contributed by atoms with Gasteiger partial charge in [-0.1, -0.05) is 17.7 Å². The van der Waals surface area contributed by atoms with E-state index in [0.717, 1.165) is 22.4 Å². The molecule has 0 unspecified atom stereocenters. The van der Waals surface area contributed by atoms with Gasteiger partial charge in [-0.2, -0.15) is 0 Å². The van der Waals surface area contributed by atoms with Crippen molar-refractivity contribution in [3.05, 3.63) is 52.8 Å². The van der Waals surface area contributed by atoms with Crippen LogP contribution < -0.4 is 4.72 Å². The molecule has 0 aliphatic rings. The van der Waals surface area contributed by atoms with Crippen LogP contribution in [0.5, 0.6) is 0 Å². The largest absolute Gasteiger partial charge is 0.342 e. The number of anilines is 1. The summed E-state index contributed by atoms with van der Waals surface area (Å²) < 4.78 is 27.4. The zero-order chi connectivity index (χ0) is 15.9. The molecule has 0 saturated heterocycles. The average Bonchev–Trinajstić information content (AvgIpc) is 2.80. The van der Waals surface area contributed by atoms with Crippen LogP contribution in [0, 0.1) is 13.8 Å². The molecule has 22 heavy (non-hydrogen) atoms. The van der Waals surface area contributed by atoms with E-state index < -0.39 is 10.0 Å². The fourth-order valence-corrected chi connectivity index (χ4v) is 3.48. The van der Waals surface area contributed by atoms with Crippen molar-refractivity contribution in [3.63, 3.8) is 0 Å². The SMILES string of the molecule is Cc1nc2ccc(NS(=O)(=O)c3ccc(C)c(Cl)c3)cc2[nH]1. The third-order valence-corrected chi connectivity index (χ3v) is 5.09. The zero-order valence-electron chi connectivity index (χ0n) is 12.0. The topological polar surface area (TPSA) is 74.8 Å².